The van der Waals surface area contributed by atoms with Gasteiger partial charge >= 0.3 is 0 Å². The number of amides is 1. The first-order chi connectivity index (χ1) is 7.99. The number of hydrogen-bond acceptors (Lipinski definition) is 4. The van der Waals surface area contributed by atoms with E-state index >= 15 is 0 Å². The summed E-state index contributed by atoms with van der Waals surface area (Å²) in [6.07, 6.45) is 2.73. The van der Waals surface area contributed by atoms with Crippen LogP contribution in [0.3, 0.4) is 0 Å². The minimum atomic E-state index is -0.493. The van der Waals surface area contributed by atoms with Crippen molar-refractivity contribution in [2.45, 2.75) is 0 Å². The molecular formula is C10H9N3O3S. The van der Waals surface area contributed by atoms with Gasteiger partial charge in [0.25, 0.3) is 5.69 Å². The molecule has 1 rings (SSSR count). The number of carbonyl (C=O) groups excluding carboxylic acids is 1. The maximum Gasteiger partial charge on any atom is 0.269 e. The van der Waals surface area contributed by atoms with Crippen molar-refractivity contribution in [1.29, 1.82) is 0 Å². The molecule has 7 heteroatoms. The van der Waals surface area contributed by atoms with E-state index in [1.165, 1.54) is 36.4 Å². The van der Waals surface area contributed by atoms with Gasteiger partial charge in [0, 0.05) is 18.2 Å². The number of nitro groups is 1. The summed E-state index contributed by atoms with van der Waals surface area (Å²) in [5, 5.41) is 12.5. The van der Waals surface area contributed by atoms with Crippen molar-refractivity contribution in [3.63, 3.8) is 0 Å². The van der Waals surface area contributed by atoms with Gasteiger partial charge in [0.05, 0.1) is 4.92 Å². The van der Waals surface area contributed by atoms with Gasteiger partial charge in [0.2, 0.25) is 5.91 Å². The number of benzene rings is 1. The molecule has 17 heavy (non-hydrogen) atoms. The average Bonchev–Trinajstić information content (AvgIpc) is 2.26. The maximum atomic E-state index is 11.1. The molecule has 0 atom stereocenters. The first kappa shape index (κ1) is 12.8. The fourth-order valence-electron chi connectivity index (χ4n) is 1.04. The van der Waals surface area contributed by atoms with Crippen LogP contribution >= 0.6 is 12.2 Å². The van der Waals surface area contributed by atoms with E-state index in [-0.39, 0.29) is 10.8 Å². The van der Waals surface area contributed by atoms with Crippen molar-refractivity contribution >= 4 is 35.0 Å². The predicted octanol–water partition coefficient (Wildman–Crippen LogP) is 0.968. The zero-order valence-electron chi connectivity index (χ0n) is 8.62. The maximum absolute atomic E-state index is 11.1. The summed E-state index contributed by atoms with van der Waals surface area (Å²) in [5.74, 6) is -0.448. The lowest BCUT2D eigenvalue weighted by atomic mass is 10.2. The number of thiocarbonyl (C=S) groups is 1. The van der Waals surface area contributed by atoms with Crippen LogP contribution in [0.2, 0.25) is 0 Å². The van der Waals surface area contributed by atoms with Crippen molar-refractivity contribution in [1.82, 2.24) is 5.32 Å². The Kier molecular flexibility index (Phi) is 4.29. The van der Waals surface area contributed by atoms with Gasteiger partial charge in [-0.05, 0) is 36.0 Å². The molecule has 0 spiro atoms. The van der Waals surface area contributed by atoms with E-state index in [0.29, 0.717) is 5.56 Å². The van der Waals surface area contributed by atoms with Crippen LogP contribution in [0.25, 0.3) is 6.08 Å². The van der Waals surface area contributed by atoms with Crippen molar-refractivity contribution in [2.75, 3.05) is 0 Å². The third-order valence-electron chi connectivity index (χ3n) is 1.78. The monoisotopic (exact) mass is 251 g/mol. The van der Waals surface area contributed by atoms with Gasteiger partial charge in [-0.25, -0.2) is 0 Å². The largest absolute Gasteiger partial charge is 0.376 e. The van der Waals surface area contributed by atoms with Gasteiger partial charge in [-0.15, -0.1) is 0 Å². The number of rotatable bonds is 3. The smallest absolute Gasteiger partial charge is 0.269 e. The third-order valence-corrected chi connectivity index (χ3v) is 1.88. The Balaban J connectivity index is 2.69. The Morgan fingerprint density at radius 3 is 2.47 bits per heavy atom. The summed E-state index contributed by atoms with van der Waals surface area (Å²) in [5.41, 5.74) is 5.76. The zero-order chi connectivity index (χ0) is 12.8. The van der Waals surface area contributed by atoms with Crippen molar-refractivity contribution < 1.29 is 9.72 Å². The minimum Gasteiger partial charge on any atom is -0.376 e. The molecule has 1 aromatic rings. The molecule has 0 fully saturated rings. The second kappa shape index (κ2) is 5.71. The summed E-state index contributed by atoms with van der Waals surface area (Å²) in [7, 11) is 0. The molecule has 0 heterocycles. The summed E-state index contributed by atoms with van der Waals surface area (Å²) in [6, 6.07) is 5.77. The summed E-state index contributed by atoms with van der Waals surface area (Å²) in [6.45, 7) is 0. The van der Waals surface area contributed by atoms with Gasteiger partial charge < -0.3 is 5.73 Å². The predicted molar refractivity (Wildman–Crippen MR) is 67.1 cm³/mol. The van der Waals surface area contributed by atoms with E-state index in [1.54, 1.807) is 0 Å². The van der Waals surface area contributed by atoms with E-state index in [2.05, 4.69) is 17.5 Å². The SMILES string of the molecule is NC(=S)NC(=O)C=Cc1ccc([N+](=O)[O-])cc1. The van der Waals surface area contributed by atoms with Crippen LogP contribution in [0.4, 0.5) is 5.69 Å². The second-order valence-electron chi connectivity index (χ2n) is 3.04. The lowest BCUT2D eigenvalue weighted by Gasteiger charge is -1.96. The van der Waals surface area contributed by atoms with Crippen molar-refractivity contribution in [2.24, 2.45) is 5.73 Å². The first-order valence-electron chi connectivity index (χ1n) is 4.52. The number of hydrogen-bond donors (Lipinski definition) is 2. The number of carbonyl (C=O) groups is 1. The highest BCUT2D eigenvalue weighted by atomic mass is 32.1. The number of non-ortho nitro benzene ring substituents is 1. The van der Waals surface area contributed by atoms with Gasteiger partial charge in [0.15, 0.2) is 5.11 Å². The van der Waals surface area contributed by atoms with Gasteiger partial charge in [-0.1, -0.05) is 0 Å². The van der Waals surface area contributed by atoms with Crippen molar-refractivity contribution in [3.8, 4) is 0 Å². The number of nitrogens with one attached hydrogen (secondary N) is 1. The molecule has 0 aliphatic heterocycles. The third kappa shape index (κ3) is 4.39. The molecule has 0 aliphatic carbocycles. The van der Waals surface area contributed by atoms with Gasteiger partial charge in [-0.3, -0.25) is 20.2 Å². The molecule has 0 aromatic heterocycles. The average molecular weight is 251 g/mol. The Morgan fingerprint density at radius 2 is 2.00 bits per heavy atom. The molecule has 6 nitrogen and oxygen atoms in total. The molecule has 0 unspecified atom stereocenters. The highest BCUT2D eigenvalue weighted by Gasteiger charge is 2.02. The van der Waals surface area contributed by atoms with E-state index in [4.69, 9.17) is 5.73 Å². The van der Waals surface area contributed by atoms with Gasteiger partial charge in [-0.2, -0.15) is 0 Å². The fraction of sp³-hybridized carbons (Fsp3) is 0. The van der Waals surface area contributed by atoms with Crippen LogP contribution in [0, 0.1) is 10.1 Å². The number of nitro benzene ring substituents is 1. The standard InChI is InChI=1S/C10H9N3O3S/c11-10(17)12-9(14)6-3-7-1-4-8(5-2-7)13(15)16/h1-6H,(H3,11,12,14,17). The summed E-state index contributed by atoms with van der Waals surface area (Å²) >= 11 is 4.49. The molecule has 0 radical (unpaired) electrons. The minimum absolute atomic E-state index is 0.00487. The molecule has 3 N–H and O–H groups in total. The molecule has 1 amide bonds. The highest BCUT2D eigenvalue weighted by Crippen LogP contribution is 2.12. The van der Waals surface area contributed by atoms with Crippen LogP contribution in [-0.4, -0.2) is 15.9 Å². The van der Waals surface area contributed by atoms with Crippen LogP contribution in [-0.2, 0) is 4.79 Å². The second-order valence-corrected chi connectivity index (χ2v) is 3.48. The Hall–Kier alpha value is -2.28. The Bertz CT molecular complexity index is 482. The lowest BCUT2D eigenvalue weighted by molar-refractivity contribution is -0.384. The lowest BCUT2D eigenvalue weighted by Crippen LogP contribution is -2.33. The normalized spacial score (nSPS) is 10.1. The molecular weight excluding hydrogens is 242 g/mol. The van der Waals surface area contributed by atoms with Crippen LogP contribution in [0.15, 0.2) is 30.3 Å². The van der Waals surface area contributed by atoms with Crippen LogP contribution < -0.4 is 11.1 Å². The fourth-order valence-corrected chi connectivity index (χ4v) is 1.14. The molecule has 0 bridgehead atoms. The van der Waals surface area contributed by atoms with E-state index in [9.17, 15) is 14.9 Å². The molecule has 1 aromatic carbocycles. The summed E-state index contributed by atoms with van der Waals surface area (Å²) in [4.78, 5) is 21.0. The first-order valence-corrected chi connectivity index (χ1v) is 4.93. The van der Waals surface area contributed by atoms with Crippen LogP contribution in [0.1, 0.15) is 5.56 Å². The topological polar surface area (TPSA) is 98.3 Å². The van der Waals surface area contributed by atoms with Gasteiger partial charge in [0.1, 0.15) is 0 Å². The number of nitrogens with two attached hydrogens (primary N) is 1. The summed E-state index contributed by atoms with van der Waals surface area (Å²) < 4.78 is 0. The Morgan fingerprint density at radius 1 is 1.41 bits per heavy atom. The van der Waals surface area contributed by atoms with E-state index in [0.717, 1.165) is 0 Å². The van der Waals surface area contributed by atoms with Crippen LogP contribution in [0.5, 0.6) is 0 Å². The molecule has 88 valence electrons. The van der Waals surface area contributed by atoms with Crippen molar-refractivity contribution in [3.05, 3.63) is 46.0 Å². The Labute approximate surface area is 102 Å². The highest BCUT2D eigenvalue weighted by molar-refractivity contribution is 7.80. The zero-order valence-corrected chi connectivity index (χ0v) is 9.44. The molecule has 0 saturated carbocycles. The van der Waals surface area contributed by atoms with E-state index < -0.39 is 10.8 Å². The molecule has 0 aliphatic rings. The molecule has 0 saturated heterocycles. The van der Waals surface area contributed by atoms with E-state index in [1.807, 2.05) is 0 Å². The quantitative estimate of drug-likeness (QED) is 0.361. The number of nitrogens with zero attached hydrogens (tertiary/aromatic N) is 1.